The fourth-order valence-corrected chi connectivity index (χ4v) is 0.869. The standard InChI is InChI=1S/C8H13BrF3NO/c1-7(2,5-9)13-6(14)3-4-8(10,11)12/h3-5H2,1-2H3,(H,13,14). The van der Waals surface area contributed by atoms with Gasteiger partial charge in [-0.15, -0.1) is 0 Å². The van der Waals surface area contributed by atoms with Crippen molar-refractivity contribution in [3.63, 3.8) is 0 Å². The van der Waals surface area contributed by atoms with Gasteiger partial charge in [-0.1, -0.05) is 15.9 Å². The summed E-state index contributed by atoms with van der Waals surface area (Å²) in [5.41, 5.74) is -0.511. The molecule has 2 nitrogen and oxygen atoms in total. The molecule has 0 aromatic heterocycles. The third-order valence-electron chi connectivity index (χ3n) is 1.45. The number of rotatable bonds is 4. The van der Waals surface area contributed by atoms with E-state index in [1.807, 2.05) is 0 Å². The Balaban J connectivity index is 3.89. The first-order valence-electron chi connectivity index (χ1n) is 4.10. The van der Waals surface area contributed by atoms with E-state index in [9.17, 15) is 18.0 Å². The monoisotopic (exact) mass is 275 g/mol. The second-order valence-corrected chi connectivity index (χ2v) is 4.24. The Morgan fingerprint density at radius 3 is 2.21 bits per heavy atom. The highest BCUT2D eigenvalue weighted by molar-refractivity contribution is 9.09. The van der Waals surface area contributed by atoms with E-state index in [0.717, 1.165) is 0 Å². The largest absolute Gasteiger partial charge is 0.389 e. The van der Waals surface area contributed by atoms with Crippen LogP contribution in [0.1, 0.15) is 26.7 Å². The highest BCUT2D eigenvalue weighted by atomic mass is 79.9. The summed E-state index contributed by atoms with van der Waals surface area (Å²) >= 11 is 3.15. The summed E-state index contributed by atoms with van der Waals surface area (Å²) in [7, 11) is 0. The molecule has 1 amide bonds. The van der Waals surface area contributed by atoms with E-state index in [1.165, 1.54) is 0 Å². The lowest BCUT2D eigenvalue weighted by molar-refractivity contribution is -0.144. The van der Waals surface area contributed by atoms with Crippen LogP contribution in [0.15, 0.2) is 0 Å². The van der Waals surface area contributed by atoms with Gasteiger partial charge in [0.05, 0.1) is 6.42 Å². The normalized spacial score (nSPS) is 12.7. The lowest BCUT2D eigenvalue weighted by Gasteiger charge is -2.23. The van der Waals surface area contributed by atoms with E-state index >= 15 is 0 Å². The SMILES string of the molecule is CC(C)(CBr)NC(=O)CCC(F)(F)F. The predicted molar refractivity (Wildman–Crippen MR) is 51.3 cm³/mol. The van der Waals surface area contributed by atoms with Crippen molar-refractivity contribution in [3.05, 3.63) is 0 Å². The second-order valence-electron chi connectivity index (χ2n) is 3.68. The van der Waals surface area contributed by atoms with Gasteiger partial charge >= 0.3 is 6.18 Å². The molecule has 0 aromatic carbocycles. The van der Waals surface area contributed by atoms with Crippen molar-refractivity contribution in [1.82, 2.24) is 5.32 Å². The van der Waals surface area contributed by atoms with Crippen molar-refractivity contribution in [1.29, 1.82) is 0 Å². The van der Waals surface area contributed by atoms with Crippen LogP contribution in [0.3, 0.4) is 0 Å². The van der Waals surface area contributed by atoms with Crippen LogP contribution in [0.2, 0.25) is 0 Å². The van der Waals surface area contributed by atoms with Crippen molar-refractivity contribution < 1.29 is 18.0 Å². The van der Waals surface area contributed by atoms with Gasteiger partial charge in [-0.3, -0.25) is 4.79 Å². The zero-order chi connectivity index (χ0) is 11.4. The van der Waals surface area contributed by atoms with E-state index in [2.05, 4.69) is 21.2 Å². The first-order valence-corrected chi connectivity index (χ1v) is 5.22. The lowest BCUT2D eigenvalue weighted by atomic mass is 10.1. The fourth-order valence-electron chi connectivity index (χ4n) is 0.729. The Hall–Kier alpha value is -0.260. The molecule has 6 heteroatoms. The highest BCUT2D eigenvalue weighted by Crippen LogP contribution is 2.21. The minimum Gasteiger partial charge on any atom is -0.350 e. The third kappa shape index (κ3) is 7.17. The van der Waals surface area contributed by atoms with Crippen LogP contribution in [0, 0.1) is 0 Å². The van der Waals surface area contributed by atoms with Crippen LogP contribution >= 0.6 is 15.9 Å². The molecule has 0 radical (unpaired) electrons. The first-order chi connectivity index (χ1) is 6.16. The van der Waals surface area contributed by atoms with Gasteiger partial charge in [-0.05, 0) is 13.8 Å². The van der Waals surface area contributed by atoms with Crippen LogP contribution in [0.4, 0.5) is 13.2 Å². The summed E-state index contributed by atoms with van der Waals surface area (Å²) in [5, 5.41) is 2.99. The van der Waals surface area contributed by atoms with E-state index in [-0.39, 0.29) is 0 Å². The molecule has 0 fully saturated rings. The third-order valence-corrected chi connectivity index (χ3v) is 2.85. The summed E-state index contributed by atoms with van der Waals surface area (Å²) in [6.07, 6.45) is -5.85. The number of carbonyl (C=O) groups excluding carboxylic acids is 1. The number of nitrogens with one attached hydrogen (secondary N) is 1. The van der Waals surface area contributed by atoms with Crippen LogP contribution in [0.25, 0.3) is 0 Å². The molecule has 84 valence electrons. The van der Waals surface area contributed by atoms with Gasteiger partial charge in [-0.25, -0.2) is 0 Å². The van der Waals surface area contributed by atoms with Crippen molar-refractivity contribution in [2.45, 2.75) is 38.4 Å². The van der Waals surface area contributed by atoms with Gasteiger partial charge in [0.25, 0.3) is 0 Å². The zero-order valence-electron chi connectivity index (χ0n) is 8.04. The van der Waals surface area contributed by atoms with Crippen LogP contribution in [-0.2, 0) is 4.79 Å². The van der Waals surface area contributed by atoms with Crippen LogP contribution in [-0.4, -0.2) is 23.0 Å². The molecule has 0 saturated carbocycles. The van der Waals surface area contributed by atoms with Gasteiger partial charge in [0.1, 0.15) is 0 Å². The molecule has 0 heterocycles. The smallest absolute Gasteiger partial charge is 0.350 e. The maximum Gasteiger partial charge on any atom is 0.389 e. The average Bonchev–Trinajstić information content (AvgIpc) is 1.99. The van der Waals surface area contributed by atoms with E-state index in [0.29, 0.717) is 5.33 Å². The molecule has 0 aliphatic heterocycles. The Kier molecular flexibility index (Phi) is 4.91. The summed E-state index contributed by atoms with van der Waals surface area (Å²) in [5.74, 6) is -0.577. The maximum atomic E-state index is 11.7. The second kappa shape index (κ2) is 5.00. The van der Waals surface area contributed by atoms with Crippen molar-refractivity contribution in [3.8, 4) is 0 Å². The zero-order valence-corrected chi connectivity index (χ0v) is 9.63. The summed E-state index contributed by atoms with van der Waals surface area (Å²) < 4.78 is 35.2. The van der Waals surface area contributed by atoms with Crippen LogP contribution in [0.5, 0.6) is 0 Å². The maximum absolute atomic E-state index is 11.7. The molecule has 14 heavy (non-hydrogen) atoms. The van der Waals surface area contributed by atoms with Gasteiger partial charge < -0.3 is 5.32 Å². The fraction of sp³-hybridized carbons (Fsp3) is 0.875. The van der Waals surface area contributed by atoms with Gasteiger partial charge in [0.2, 0.25) is 5.91 Å². The topological polar surface area (TPSA) is 29.1 Å². The van der Waals surface area contributed by atoms with Crippen molar-refractivity contribution >= 4 is 21.8 Å². The Labute approximate surface area is 89.4 Å². The molecule has 0 bridgehead atoms. The van der Waals surface area contributed by atoms with Gasteiger partial charge in [0.15, 0.2) is 0 Å². The molecular weight excluding hydrogens is 263 g/mol. The number of alkyl halides is 4. The van der Waals surface area contributed by atoms with Crippen molar-refractivity contribution in [2.75, 3.05) is 5.33 Å². The van der Waals surface area contributed by atoms with E-state index in [1.54, 1.807) is 13.8 Å². The molecule has 0 spiro atoms. The number of halogens is 4. The Bertz CT molecular complexity index is 203. The molecule has 0 aromatic rings. The quantitative estimate of drug-likeness (QED) is 0.786. The average molecular weight is 276 g/mol. The van der Waals surface area contributed by atoms with E-state index in [4.69, 9.17) is 0 Å². The minimum absolute atomic E-state index is 0.498. The molecule has 0 aliphatic carbocycles. The summed E-state index contributed by atoms with van der Waals surface area (Å²) in [6.45, 7) is 3.46. The molecular formula is C8H13BrF3NO. The highest BCUT2D eigenvalue weighted by Gasteiger charge is 2.29. The Morgan fingerprint density at radius 2 is 1.86 bits per heavy atom. The first kappa shape index (κ1) is 13.7. The molecule has 0 rings (SSSR count). The minimum atomic E-state index is -4.27. The molecule has 0 saturated heterocycles. The molecule has 0 unspecified atom stereocenters. The van der Waals surface area contributed by atoms with Gasteiger partial charge in [-0.2, -0.15) is 13.2 Å². The Morgan fingerprint density at radius 1 is 1.36 bits per heavy atom. The molecule has 1 N–H and O–H groups in total. The van der Waals surface area contributed by atoms with Crippen LogP contribution < -0.4 is 5.32 Å². The number of hydrogen-bond acceptors (Lipinski definition) is 1. The van der Waals surface area contributed by atoms with Crippen molar-refractivity contribution in [2.24, 2.45) is 0 Å². The summed E-state index contributed by atoms with van der Waals surface area (Å²) in [6, 6.07) is 0. The number of hydrogen-bond donors (Lipinski definition) is 1. The van der Waals surface area contributed by atoms with Gasteiger partial charge in [0, 0.05) is 17.3 Å². The number of carbonyl (C=O) groups is 1. The van der Waals surface area contributed by atoms with E-state index < -0.39 is 30.5 Å². The molecule has 0 aliphatic rings. The lowest BCUT2D eigenvalue weighted by Crippen LogP contribution is -2.44. The molecule has 0 atom stereocenters. The predicted octanol–water partition coefficient (Wildman–Crippen LogP) is 2.62. The summed E-state index contributed by atoms with van der Waals surface area (Å²) in [4.78, 5) is 11.0. The number of amides is 1.